The standard InChI is InChI=1S/C15H16FNO3/c1-9-6-7-10(16)8-13(9)17-14(18)11-4-2-3-5-12(11)15(19)20/h2-3,6-8,11-12H,4-5H2,1H3,(H,17,18)(H,19,20)/t11-,12-/m1/s1. The van der Waals surface area contributed by atoms with Crippen LogP contribution in [0.4, 0.5) is 10.1 Å². The molecule has 0 fully saturated rings. The Kier molecular flexibility index (Phi) is 4.17. The summed E-state index contributed by atoms with van der Waals surface area (Å²) in [6.07, 6.45) is 4.31. The predicted octanol–water partition coefficient (Wildman–Crippen LogP) is 2.74. The first kappa shape index (κ1) is 14.2. The number of hydrogen-bond donors (Lipinski definition) is 2. The number of aryl methyl sites for hydroxylation is 1. The van der Waals surface area contributed by atoms with Gasteiger partial charge in [0, 0.05) is 5.69 Å². The topological polar surface area (TPSA) is 66.4 Å². The van der Waals surface area contributed by atoms with Crippen LogP contribution in [0.15, 0.2) is 30.4 Å². The van der Waals surface area contributed by atoms with Gasteiger partial charge in [0.25, 0.3) is 0 Å². The van der Waals surface area contributed by atoms with Crippen LogP contribution in [-0.2, 0) is 9.59 Å². The molecule has 5 heteroatoms. The summed E-state index contributed by atoms with van der Waals surface area (Å²) in [5.74, 6) is -3.15. The molecule has 1 aliphatic carbocycles. The van der Waals surface area contributed by atoms with Crippen LogP contribution in [0.1, 0.15) is 18.4 Å². The highest BCUT2D eigenvalue weighted by Gasteiger charge is 2.34. The molecule has 2 atom stereocenters. The number of carboxylic acid groups (broad SMARTS) is 1. The summed E-state index contributed by atoms with van der Waals surface area (Å²) >= 11 is 0. The first-order valence-corrected chi connectivity index (χ1v) is 6.44. The van der Waals surface area contributed by atoms with Crippen molar-refractivity contribution < 1.29 is 19.1 Å². The third-order valence-corrected chi connectivity index (χ3v) is 3.54. The number of carbonyl (C=O) groups excluding carboxylic acids is 1. The van der Waals surface area contributed by atoms with Crippen LogP contribution in [0.2, 0.25) is 0 Å². The molecule has 1 aromatic carbocycles. The van der Waals surface area contributed by atoms with E-state index in [1.54, 1.807) is 19.1 Å². The number of anilines is 1. The molecule has 0 saturated carbocycles. The maximum Gasteiger partial charge on any atom is 0.307 e. The van der Waals surface area contributed by atoms with Crippen molar-refractivity contribution in [2.24, 2.45) is 11.8 Å². The number of amides is 1. The first-order chi connectivity index (χ1) is 9.49. The zero-order valence-corrected chi connectivity index (χ0v) is 11.1. The summed E-state index contributed by atoms with van der Waals surface area (Å²) in [4.78, 5) is 23.4. The average molecular weight is 277 g/mol. The van der Waals surface area contributed by atoms with Gasteiger partial charge in [-0.15, -0.1) is 0 Å². The minimum absolute atomic E-state index is 0.343. The summed E-state index contributed by atoms with van der Waals surface area (Å²) in [5.41, 5.74) is 1.12. The lowest BCUT2D eigenvalue weighted by Crippen LogP contribution is -2.34. The van der Waals surface area contributed by atoms with Gasteiger partial charge in [-0.05, 0) is 37.5 Å². The zero-order valence-electron chi connectivity index (χ0n) is 11.1. The summed E-state index contributed by atoms with van der Waals surface area (Å²) in [6.45, 7) is 1.75. The van der Waals surface area contributed by atoms with E-state index in [2.05, 4.69) is 5.32 Å². The summed E-state index contributed by atoms with van der Waals surface area (Å²) in [5, 5.41) is 11.8. The second kappa shape index (κ2) is 5.86. The smallest absolute Gasteiger partial charge is 0.307 e. The van der Waals surface area contributed by atoms with Crippen LogP contribution in [0.25, 0.3) is 0 Å². The zero-order chi connectivity index (χ0) is 14.7. The largest absolute Gasteiger partial charge is 0.481 e. The van der Waals surface area contributed by atoms with Gasteiger partial charge in [-0.25, -0.2) is 4.39 Å². The van der Waals surface area contributed by atoms with Crippen molar-refractivity contribution in [1.29, 1.82) is 0 Å². The van der Waals surface area contributed by atoms with Gasteiger partial charge in [0.2, 0.25) is 5.91 Å². The normalized spacial score (nSPS) is 21.5. The number of aliphatic carboxylic acids is 1. The van der Waals surface area contributed by atoms with Crippen LogP contribution in [-0.4, -0.2) is 17.0 Å². The molecule has 20 heavy (non-hydrogen) atoms. The molecule has 0 aromatic heterocycles. The Morgan fingerprint density at radius 3 is 2.55 bits per heavy atom. The van der Waals surface area contributed by atoms with E-state index in [4.69, 9.17) is 5.11 Å². The van der Waals surface area contributed by atoms with Crippen molar-refractivity contribution in [2.75, 3.05) is 5.32 Å². The molecule has 0 aliphatic heterocycles. The monoisotopic (exact) mass is 277 g/mol. The predicted molar refractivity (Wildman–Crippen MR) is 72.8 cm³/mol. The number of allylic oxidation sites excluding steroid dienone is 2. The van der Waals surface area contributed by atoms with E-state index in [-0.39, 0.29) is 5.91 Å². The highest BCUT2D eigenvalue weighted by molar-refractivity contribution is 5.96. The van der Waals surface area contributed by atoms with Gasteiger partial charge in [-0.1, -0.05) is 18.2 Å². The maximum atomic E-state index is 13.2. The Morgan fingerprint density at radius 2 is 1.90 bits per heavy atom. The van der Waals surface area contributed by atoms with Crippen LogP contribution >= 0.6 is 0 Å². The lowest BCUT2D eigenvalue weighted by atomic mass is 9.82. The number of halogens is 1. The van der Waals surface area contributed by atoms with E-state index in [0.717, 1.165) is 5.56 Å². The summed E-state index contributed by atoms with van der Waals surface area (Å²) in [6, 6.07) is 4.12. The van der Waals surface area contributed by atoms with Crippen molar-refractivity contribution in [1.82, 2.24) is 0 Å². The van der Waals surface area contributed by atoms with Crippen LogP contribution in [0.5, 0.6) is 0 Å². The molecule has 1 aromatic rings. The molecule has 106 valence electrons. The minimum atomic E-state index is -0.981. The highest BCUT2D eigenvalue weighted by atomic mass is 19.1. The fraction of sp³-hybridized carbons (Fsp3) is 0.333. The van der Waals surface area contributed by atoms with E-state index >= 15 is 0 Å². The van der Waals surface area contributed by atoms with E-state index in [1.807, 2.05) is 6.08 Å². The molecule has 0 heterocycles. The van der Waals surface area contributed by atoms with Gasteiger partial charge in [-0.2, -0.15) is 0 Å². The van der Waals surface area contributed by atoms with Crippen LogP contribution in [0.3, 0.4) is 0 Å². The highest BCUT2D eigenvalue weighted by Crippen LogP contribution is 2.28. The molecule has 0 spiro atoms. The summed E-state index contributed by atoms with van der Waals surface area (Å²) < 4.78 is 13.2. The molecule has 0 unspecified atom stereocenters. The Morgan fingerprint density at radius 1 is 1.25 bits per heavy atom. The lowest BCUT2D eigenvalue weighted by Gasteiger charge is -2.24. The fourth-order valence-corrected chi connectivity index (χ4v) is 2.33. The molecular weight excluding hydrogens is 261 g/mol. The second-order valence-electron chi connectivity index (χ2n) is 4.94. The molecule has 2 rings (SSSR count). The molecule has 0 radical (unpaired) electrons. The molecule has 4 nitrogen and oxygen atoms in total. The van der Waals surface area contributed by atoms with E-state index in [9.17, 15) is 14.0 Å². The van der Waals surface area contributed by atoms with E-state index in [1.165, 1.54) is 12.1 Å². The molecular formula is C15H16FNO3. The third-order valence-electron chi connectivity index (χ3n) is 3.54. The van der Waals surface area contributed by atoms with Gasteiger partial charge in [0.1, 0.15) is 5.82 Å². The lowest BCUT2D eigenvalue weighted by molar-refractivity contribution is -0.146. The maximum absolute atomic E-state index is 13.2. The van der Waals surface area contributed by atoms with Crippen LogP contribution in [0, 0.1) is 24.6 Å². The molecule has 1 aliphatic rings. The third kappa shape index (κ3) is 3.04. The molecule has 1 amide bonds. The number of rotatable bonds is 3. The number of nitrogens with one attached hydrogen (secondary N) is 1. The van der Waals surface area contributed by atoms with E-state index < -0.39 is 23.6 Å². The number of carbonyl (C=O) groups is 2. The fourth-order valence-electron chi connectivity index (χ4n) is 2.33. The van der Waals surface area contributed by atoms with Crippen molar-refractivity contribution in [3.8, 4) is 0 Å². The van der Waals surface area contributed by atoms with Gasteiger partial charge >= 0.3 is 5.97 Å². The van der Waals surface area contributed by atoms with Crippen LogP contribution < -0.4 is 5.32 Å². The van der Waals surface area contributed by atoms with Crippen molar-refractivity contribution in [2.45, 2.75) is 19.8 Å². The number of benzene rings is 1. The SMILES string of the molecule is Cc1ccc(F)cc1NC(=O)[C@@H]1CC=CC[C@H]1C(=O)O. The van der Waals surface area contributed by atoms with Crippen molar-refractivity contribution in [3.63, 3.8) is 0 Å². The van der Waals surface area contributed by atoms with Gasteiger partial charge in [-0.3, -0.25) is 9.59 Å². The Balaban J connectivity index is 2.16. The Bertz CT molecular complexity index is 568. The van der Waals surface area contributed by atoms with Gasteiger partial charge in [0.15, 0.2) is 0 Å². The Labute approximate surface area is 116 Å². The number of carboxylic acids is 1. The van der Waals surface area contributed by atoms with Crippen molar-refractivity contribution >= 4 is 17.6 Å². The number of hydrogen-bond acceptors (Lipinski definition) is 2. The average Bonchev–Trinajstić information content (AvgIpc) is 2.42. The molecule has 2 N–H and O–H groups in total. The van der Waals surface area contributed by atoms with Gasteiger partial charge < -0.3 is 10.4 Å². The van der Waals surface area contributed by atoms with Gasteiger partial charge in [0.05, 0.1) is 11.8 Å². The molecule has 0 bridgehead atoms. The Hall–Kier alpha value is -2.17. The first-order valence-electron chi connectivity index (χ1n) is 6.44. The second-order valence-corrected chi connectivity index (χ2v) is 4.94. The quantitative estimate of drug-likeness (QED) is 0.835. The van der Waals surface area contributed by atoms with Crippen molar-refractivity contribution in [3.05, 3.63) is 41.7 Å². The molecule has 0 saturated heterocycles. The summed E-state index contributed by atoms with van der Waals surface area (Å²) in [7, 11) is 0. The minimum Gasteiger partial charge on any atom is -0.481 e. The van der Waals surface area contributed by atoms with E-state index in [0.29, 0.717) is 18.5 Å².